The van der Waals surface area contributed by atoms with E-state index in [1.54, 1.807) is 0 Å². The monoisotopic (exact) mass is 230 g/mol. The van der Waals surface area contributed by atoms with Gasteiger partial charge in [-0.2, -0.15) is 0 Å². The van der Waals surface area contributed by atoms with Crippen LogP contribution in [0.2, 0.25) is 0 Å². The van der Waals surface area contributed by atoms with Gasteiger partial charge in [0, 0.05) is 12.8 Å². The second-order valence-corrected chi connectivity index (χ2v) is 4.93. The number of carbonyl (C=O) groups is 1. The highest BCUT2D eigenvalue weighted by molar-refractivity contribution is 5.65. The predicted octanol–water partition coefficient (Wildman–Crippen LogP) is 0.450. The molecule has 0 aromatic rings. The van der Waals surface area contributed by atoms with Crippen molar-refractivity contribution < 1.29 is 24.1 Å². The molecule has 0 amide bonds. The molecule has 92 valence electrons. The first-order chi connectivity index (χ1) is 7.39. The molecule has 0 bridgehead atoms. The lowest BCUT2D eigenvalue weighted by atomic mass is 10.1. The van der Waals surface area contributed by atoms with E-state index in [9.17, 15) is 9.90 Å². The normalized spacial score (nSPS) is 40.8. The Bertz CT molecular complexity index is 288. The van der Waals surface area contributed by atoms with Crippen molar-refractivity contribution in [2.75, 3.05) is 6.61 Å². The van der Waals surface area contributed by atoms with Crippen LogP contribution in [0.4, 0.5) is 0 Å². The molecule has 2 rings (SSSR count). The average molecular weight is 230 g/mol. The topological polar surface area (TPSA) is 65.0 Å². The number of rotatable bonds is 2. The van der Waals surface area contributed by atoms with E-state index in [-0.39, 0.29) is 30.7 Å². The van der Waals surface area contributed by atoms with E-state index in [4.69, 9.17) is 14.2 Å². The van der Waals surface area contributed by atoms with Crippen LogP contribution >= 0.6 is 0 Å². The zero-order chi connectivity index (χ0) is 11.9. The van der Waals surface area contributed by atoms with Gasteiger partial charge in [0.25, 0.3) is 0 Å². The summed E-state index contributed by atoms with van der Waals surface area (Å²) in [4.78, 5) is 10.7. The number of aliphatic hydroxyl groups is 1. The Morgan fingerprint density at radius 1 is 1.44 bits per heavy atom. The summed E-state index contributed by atoms with van der Waals surface area (Å²) in [6.07, 6.45) is -0.453. The highest BCUT2D eigenvalue weighted by Crippen LogP contribution is 2.41. The molecule has 1 saturated heterocycles. The number of carbonyl (C=O) groups excluding carboxylic acids is 1. The Labute approximate surface area is 94.7 Å². The van der Waals surface area contributed by atoms with E-state index in [0.717, 1.165) is 0 Å². The quantitative estimate of drug-likeness (QED) is 0.698. The van der Waals surface area contributed by atoms with Crippen LogP contribution in [0, 0.1) is 5.92 Å². The van der Waals surface area contributed by atoms with Gasteiger partial charge in [0.15, 0.2) is 5.79 Å². The van der Waals surface area contributed by atoms with E-state index in [1.807, 2.05) is 13.8 Å². The largest absolute Gasteiger partial charge is 0.465 e. The minimum Gasteiger partial charge on any atom is -0.465 e. The van der Waals surface area contributed by atoms with Gasteiger partial charge in [-0.15, -0.1) is 0 Å². The SMILES string of the molecule is CC(=O)OC[C@H]1C[C@@H](O)[C@@H]2OC(C)(C)O[C@H]12. The Kier molecular flexibility index (Phi) is 2.94. The fraction of sp³-hybridized carbons (Fsp3) is 0.909. The van der Waals surface area contributed by atoms with E-state index in [2.05, 4.69) is 0 Å². The molecule has 1 saturated carbocycles. The van der Waals surface area contributed by atoms with Crippen LogP contribution in [0.3, 0.4) is 0 Å². The minimum atomic E-state index is -0.662. The van der Waals surface area contributed by atoms with Gasteiger partial charge >= 0.3 is 5.97 Å². The second-order valence-electron chi connectivity index (χ2n) is 4.93. The maximum atomic E-state index is 10.7. The molecule has 16 heavy (non-hydrogen) atoms. The third-order valence-corrected chi connectivity index (χ3v) is 3.05. The summed E-state index contributed by atoms with van der Waals surface area (Å²) in [6, 6.07) is 0. The maximum Gasteiger partial charge on any atom is 0.302 e. The van der Waals surface area contributed by atoms with Gasteiger partial charge < -0.3 is 19.3 Å². The number of hydrogen-bond acceptors (Lipinski definition) is 5. The first kappa shape index (κ1) is 11.8. The molecule has 2 aliphatic rings. The maximum absolute atomic E-state index is 10.7. The Morgan fingerprint density at radius 3 is 2.69 bits per heavy atom. The van der Waals surface area contributed by atoms with Gasteiger partial charge in [-0.05, 0) is 20.3 Å². The highest BCUT2D eigenvalue weighted by Gasteiger charge is 2.53. The van der Waals surface area contributed by atoms with Crippen LogP contribution in [0.25, 0.3) is 0 Å². The summed E-state index contributed by atoms with van der Waals surface area (Å²) in [6.45, 7) is 5.30. The van der Waals surface area contributed by atoms with Crippen molar-refractivity contribution in [1.82, 2.24) is 0 Å². The highest BCUT2D eigenvalue weighted by atomic mass is 16.8. The Balaban J connectivity index is 1.99. The molecular formula is C11H18O5. The smallest absolute Gasteiger partial charge is 0.302 e. The standard InChI is InChI=1S/C11H18O5/c1-6(12)14-5-7-4-8(13)10-9(7)15-11(2,3)16-10/h7-10,13H,4-5H2,1-3H3/t7-,8-,9-,10+/m1/s1. The van der Waals surface area contributed by atoms with Crippen LogP contribution < -0.4 is 0 Å². The number of fused-ring (bicyclic) bond motifs is 1. The Morgan fingerprint density at radius 2 is 2.06 bits per heavy atom. The molecule has 1 aliphatic heterocycles. The van der Waals surface area contributed by atoms with Gasteiger partial charge in [0.05, 0.1) is 18.8 Å². The Hall–Kier alpha value is -0.650. The van der Waals surface area contributed by atoms with E-state index in [1.165, 1.54) is 6.92 Å². The molecule has 4 atom stereocenters. The van der Waals surface area contributed by atoms with Gasteiger partial charge in [0.2, 0.25) is 0 Å². The third kappa shape index (κ3) is 2.21. The number of hydrogen-bond donors (Lipinski definition) is 1. The third-order valence-electron chi connectivity index (χ3n) is 3.05. The lowest BCUT2D eigenvalue weighted by Crippen LogP contribution is -2.29. The number of aliphatic hydroxyl groups excluding tert-OH is 1. The summed E-state index contributed by atoms with van der Waals surface area (Å²) in [5, 5.41) is 9.82. The van der Waals surface area contributed by atoms with Crippen LogP contribution in [0.15, 0.2) is 0 Å². The summed E-state index contributed by atoms with van der Waals surface area (Å²) < 4.78 is 16.3. The summed E-state index contributed by atoms with van der Waals surface area (Å²) in [7, 11) is 0. The van der Waals surface area contributed by atoms with Crippen LogP contribution in [-0.2, 0) is 19.0 Å². The molecule has 5 nitrogen and oxygen atoms in total. The summed E-state index contributed by atoms with van der Waals surface area (Å²) in [5.41, 5.74) is 0. The van der Waals surface area contributed by atoms with Gasteiger partial charge in [-0.25, -0.2) is 0 Å². The van der Waals surface area contributed by atoms with Crippen molar-refractivity contribution >= 4 is 5.97 Å². The van der Waals surface area contributed by atoms with Crippen molar-refractivity contribution in [2.45, 2.75) is 51.3 Å². The lowest BCUT2D eigenvalue weighted by molar-refractivity contribution is -0.169. The van der Waals surface area contributed by atoms with E-state index >= 15 is 0 Å². The summed E-state index contributed by atoms with van der Waals surface area (Å²) >= 11 is 0. The minimum absolute atomic E-state index is 0.0191. The van der Waals surface area contributed by atoms with Crippen molar-refractivity contribution in [1.29, 1.82) is 0 Å². The van der Waals surface area contributed by atoms with E-state index < -0.39 is 11.9 Å². The first-order valence-electron chi connectivity index (χ1n) is 5.56. The van der Waals surface area contributed by atoms with Crippen molar-refractivity contribution in [3.8, 4) is 0 Å². The fourth-order valence-corrected chi connectivity index (χ4v) is 2.45. The average Bonchev–Trinajstić information content (AvgIpc) is 2.59. The lowest BCUT2D eigenvalue weighted by Gasteiger charge is -2.22. The molecule has 0 aromatic carbocycles. The van der Waals surface area contributed by atoms with Crippen LogP contribution in [-0.4, -0.2) is 41.8 Å². The van der Waals surface area contributed by atoms with Crippen molar-refractivity contribution in [3.05, 3.63) is 0 Å². The number of esters is 1. The second kappa shape index (κ2) is 3.98. The molecule has 1 aliphatic carbocycles. The van der Waals surface area contributed by atoms with E-state index in [0.29, 0.717) is 6.42 Å². The summed E-state index contributed by atoms with van der Waals surface area (Å²) in [5.74, 6) is -0.952. The van der Waals surface area contributed by atoms with Crippen LogP contribution in [0.5, 0.6) is 0 Å². The van der Waals surface area contributed by atoms with Crippen molar-refractivity contribution in [2.24, 2.45) is 5.92 Å². The first-order valence-corrected chi connectivity index (χ1v) is 5.56. The van der Waals surface area contributed by atoms with Crippen molar-refractivity contribution in [3.63, 3.8) is 0 Å². The number of ether oxygens (including phenoxy) is 3. The van der Waals surface area contributed by atoms with Gasteiger partial charge in [-0.1, -0.05) is 0 Å². The molecule has 0 radical (unpaired) electrons. The molecule has 5 heteroatoms. The van der Waals surface area contributed by atoms with Gasteiger partial charge in [0.1, 0.15) is 6.10 Å². The molecular weight excluding hydrogens is 212 g/mol. The predicted molar refractivity (Wildman–Crippen MR) is 54.6 cm³/mol. The molecule has 1 heterocycles. The zero-order valence-electron chi connectivity index (χ0n) is 9.80. The molecule has 1 N–H and O–H groups in total. The molecule has 0 spiro atoms. The molecule has 0 unspecified atom stereocenters. The fourth-order valence-electron chi connectivity index (χ4n) is 2.45. The molecule has 0 aromatic heterocycles. The van der Waals surface area contributed by atoms with Gasteiger partial charge in [-0.3, -0.25) is 4.79 Å². The van der Waals surface area contributed by atoms with Crippen LogP contribution in [0.1, 0.15) is 27.2 Å². The zero-order valence-corrected chi connectivity index (χ0v) is 9.80. The molecule has 2 fully saturated rings.